The van der Waals surface area contributed by atoms with Crippen LogP contribution < -0.4 is 0 Å². The van der Waals surface area contributed by atoms with Crippen molar-refractivity contribution in [2.24, 2.45) is 5.11 Å². The number of nitrogens with zero attached hydrogens (tertiary/aromatic N) is 2. The van der Waals surface area contributed by atoms with Gasteiger partial charge >= 0.3 is 0 Å². The summed E-state index contributed by atoms with van der Waals surface area (Å²) in [5, 5.41) is 3.31. The molecule has 0 fully saturated rings. The highest BCUT2D eigenvalue weighted by Crippen LogP contribution is 2.18. The monoisotopic (exact) mass is 207 g/mol. The summed E-state index contributed by atoms with van der Waals surface area (Å²) in [6, 6.07) is 19.4. The number of benzene rings is 2. The molecule has 16 heavy (non-hydrogen) atoms. The van der Waals surface area contributed by atoms with Crippen molar-refractivity contribution in [2.75, 3.05) is 0 Å². The molecule has 0 heterocycles. The average molecular weight is 207 g/mol. The van der Waals surface area contributed by atoms with Crippen LogP contribution >= 0.6 is 0 Å². The zero-order valence-corrected chi connectivity index (χ0v) is 8.75. The van der Waals surface area contributed by atoms with Gasteiger partial charge in [-0.25, -0.2) is 0 Å². The van der Waals surface area contributed by atoms with Crippen LogP contribution in [0.4, 0.5) is 0 Å². The molecule has 2 nitrogen and oxygen atoms in total. The van der Waals surface area contributed by atoms with Crippen LogP contribution in [0, 0.1) is 0 Å². The van der Waals surface area contributed by atoms with Crippen molar-refractivity contribution in [3.05, 3.63) is 77.3 Å². The molecule has 0 aromatic heterocycles. The summed E-state index contributed by atoms with van der Waals surface area (Å²) in [6.07, 6.45) is 1.84. The van der Waals surface area contributed by atoms with E-state index >= 15 is 0 Å². The second-order valence-corrected chi connectivity index (χ2v) is 3.41. The lowest BCUT2D eigenvalue weighted by Gasteiger charge is -2.05. The first kappa shape index (κ1) is 10.3. The van der Waals surface area contributed by atoms with Crippen molar-refractivity contribution < 1.29 is 0 Å². The molecule has 0 unspecified atom stereocenters. The Labute approximate surface area is 94.8 Å². The van der Waals surface area contributed by atoms with E-state index in [1.165, 1.54) is 0 Å². The third kappa shape index (κ3) is 2.42. The van der Waals surface area contributed by atoms with E-state index in [-0.39, 0.29) is 0 Å². The number of hydrogen-bond donors (Lipinski definition) is 0. The van der Waals surface area contributed by atoms with Gasteiger partial charge in [0.25, 0.3) is 0 Å². The normalized spacial score (nSPS) is 11.1. The van der Waals surface area contributed by atoms with Crippen LogP contribution in [0.3, 0.4) is 0 Å². The van der Waals surface area contributed by atoms with Crippen molar-refractivity contribution in [1.29, 1.82) is 0 Å². The van der Waals surface area contributed by atoms with Crippen LogP contribution in [-0.2, 0) is 0 Å². The minimum atomic E-state index is 0.562. The van der Waals surface area contributed by atoms with Crippen LogP contribution in [0.1, 0.15) is 11.1 Å². The van der Waals surface area contributed by atoms with Gasteiger partial charge in [0.15, 0.2) is 0 Å². The Morgan fingerprint density at radius 3 is 2.00 bits per heavy atom. The Bertz CT molecular complexity index is 487. The van der Waals surface area contributed by atoms with E-state index in [1.54, 1.807) is 0 Å². The molecule has 2 heteroatoms. The molecule has 2 aromatic carbocycles. The standard InChI is InChI=1S/C14H11N2/c15-16-14(13-9-5-2-6-10-13)11-12-7-3-1-4-8-12/h1-11H/q-1. The van der Waals surface area contributed by atoms with Gasteiger partial charge in [0.2, 0.25) is 0 Å². The predicted octanol–water partition coefficient (Wildman–Crippen LogP) is 4.21. The van der Waals surface area contributed by atoms with Crippen molar-refractivity contribution in [3.63, 3.8) is 0 Å². The highest BCUT2D eigenvalue weighted by Gasteiger charge is 1.95. The third-order valence-electron chi connectivity index (χ3n) is 2.28. The molecular formula is C14H11N2-. The fourth-order valence-electron chi connectivity index (χ4n) is 1.49. The predicted molar refractivity (Wildman–Crippen MR) is 66.5 cm³/mol. The molecule has 0 spiro atoms. The van der Waals surface area contributed by atoms with Crippen LogP contribution in [0.5, 0.6) is 0 Å². The topological polar surface area (TPSA) is 34.7 Å². The quantitative estimate of drug-likeness (QED) is 0.534. The Balaban J connectivity index is 2.38. The van der Waals surface area contributed by atoms with Crippen LogP contribution in [-0.4, -0.2) is 0 Å². The largest absolute Gasteiger partial charge is 0.706 e. The van der Waals surface area contributed by atoms with Gasteiger partial charge in [0.05, 0.1) is 0 Å². The second-order valence-electron chi connectivity index (χ2n) is 3.41. The summed E-state index contributed by atoms with van der Waals surface area (Å²) in [6.45, 7) is 0. The van der Waals surface area contributed by atoms with Gasteiger partial charge in [-0.2, -0.15) is 0 Å². The van der Waals surface area contributed by atoms with Gasteiger partial charge in [-0.1, -0.05) is 60.7 Å². The van der Waals surface area contributed by atoms with Crippen LogP contribution in [0.15, 0.2) is 65.8 Å². The maximum atomic E-state index is 9.00. The molecule has 0 radical (unpaired) electrons. The molecule has 0 aliphatic heterocycles. The van der Waals surface area contributed by atoms with Gasteiger partial charge in [-0.05, 0) is 17.2 Å². The van der Waals surface area contributed by atoms with Crippen molar-refractivity contribution >= 4 is 11.8 Å². The molecule has 0 amide bonds. The smallest absolute Gasteiger partial charge is 0.0475 e. The Hall–Kier alpha value is -2.22. The average Bonchev–Trinajstić information content (AvgIpc) is 2.38. The van der Waals surface area contributed by atoms with E-state index in [2.05, 4.69) is 5.11 Å². The van der Waals surface area contributed by atoms with Crippen molar-refractivity contribution in [2.45, 2.75) is 0 Å². The van der Waals surface area contributed by atoms with Gasteiger partial charge < -0.3 is 10.6 Å². The minimum Gasteiger partial charge on any atom is -0.706 e. The highest BCUT2D eigenvalue weighted by atomic mass is 15.0. The van der Waals surface area contributed by atoms with Gasteiger partial charge in [-0.15, -0.1) is 0 Å². The Kier molecular flexibility index (Phi) is 3.24. The molecular weight excluding hydrogens is 196 g/mol. The molecule has 2 aromatic rings. The SMILES string of the molecule is [N-]=NC(=Cc1ccccc1)c1ccccc1. The summed E-state index contributed by atoms with van der Waals surface area (Å²) in [5.41, 5.74) is 11.5. The van der Waals surface area contributed by atoms with Crippen LogP contribution in [0.25, 0.3) is 17.3 Å². The zero-order chi connectivity index (χ0) is 11.2. The first-order chi connectivity index (χ1) is 7.90. The molecule has 2 rings (SSSR count). The molecule has 0 aliphatic rings. The molecule has 0 bridgehead atoms. The van der Waals surface area contributed by atoms with Gasteiger partial charge in [0, 0.05) is 5.70 Å². The van der Waals surface area contributed by atoms with Gasteiger partial charge in [0.1, 0.15) is 0 Å². The fraction of sp³-hybridized carbons (Fsp3) is 0. The van der Waals surface area contributed by atoms with E-state index in [9.17, 15) is 0 Å². The van der Waals surface area contributed by atoms with E-state index in [1.807, 2.05) is 66.7 Å². The molecule has 78 valence electrons. The van der Waals surface area contributed by atoms with Gasteiger partial charge in [-0.3, -0.25) is 0 Å². The van der Waals surface area contributed by atoms with E-state index in [0.29, 0.717) is 5.70 Å². The van der Waals surface area contributed by atoms with E-state index in [0.717, 1.165) is 11.1 Å². The third-order valence-corrected chi connectivity index (χ3v) is 2.28. The molecule has 0 saturated carbocycles. The van der Waals surface area contributed by atoms with E-state index in [4.69, 9.17) is 5.53 Å². The summed E-state index contributed by atoms with van der Waals surface area (Å²) in [5.74, 6) is 0. The summed E-state index contributed by atoms with van der Waals surface area (Å²) < 4.78 is 0. The summed E-state index contributed by atoms with van der Waals surface area (Å²) in [7, 11) is 0. The molecule has 0 atom stereocenters. The summed E-state index contributed by atoms with van der Waals surface area (Å²) >= 11 is 0. The lowest BCUT2D eigenvalue weighted by Crippen LogP contribution is -1.79. The summed E-state index contributed by atoms with van der Waals surface area (Å²) in [4.78, 5) is 0. The molecule has 0 saturated heterocycles. The first-order valence-corrected chi connectivity index (χ1v) is 5.07. The zero-order valence-electron chi connectivity index (χ0n) is 8.75. The van der Waals surface area contributed by atoms with Crippen LogP contribution in [0.2, 0.25) is 0 Å². The first-order valence-electron chi connectivity index (χ1n) is 5.07. The molecule has 0 N–H and O–H groups in total. The van der Waals surface area contributed by atoms with E-state index < -0.39 is 0 Å². The highest BCUT2D eigenvalue weighted by molar-refractivity contribution is 5.80. The maximum absolute atomic E-state index is 9.00. The molecule has 0 aliphatic carbocycles. The Morgan fingerprint density at radius 2 is 1.44 bits per heavy atom. The van der Waals surface area contributed by atoms with Crippen molar-refractivity contribution in [1.82, 2.24) is 0 Å². The number of rotatable bonds is 3. The Morgan fingerprint density at radius 1 is 0.875 bits per heavy atom. The number of hydrogen-bond acceptors (Lipinski definition) is 1. The lowest BCUT2D eigenvalue weighted by atomic mass is 10.1. The van der Waals surface area contributed by atoms with Crippen molar-refractivity contribution in [3.8, 4) is 0 Å². The second kappa shape index (κ2) is 5.03. The maximum Gasteiger partial charge on any atom is 0.0475 e. The minimum absolute atomic E-state index is 0.562. The lowest BCUT2D eigenvalue weighted by molar-refractivity contribution is 1.49. The fourth-order valence-corrected chi connectivity index (χ4v) is 1.49.